The van der Waals surface area contributed by atoms with Crippen LogP contribution in [0.4, 0.5) is 17.1 Å². The van der Waals surface area contributed by atoms with Crippen LogP contribution in [0.5, 0.6) is 0 Å². The van der Waals surface area contributed by atoms with Crippen molar-refractivity contribution in [3.63, 3.8) is 0 Å². The van der Waals surface area contributed by atoms with Gasteiger partial charge in [-0.15, -0.1) is 0 Å². The number of nitrogens with zero attached hydrogens (tertiary/aromatic N) is 1. The summed E-state index contributed by atoms with van der Waals surface area (Å²) in [6.45, 7) is 14.3. The van der Waals surface area contributed by atoms with E-state index in [1.54, 1.807) is 4.90 Å². The average molecular weight is 396 g/mol. The molecule has 5 nitrogen and oxygen atoms in total. The second-order valence-electron chi connectivity index (χ2n) is 8.27. The van der Waals surface area contributed by atoms with Crippen LogP contribution in [-0.2, 0) is 4.79 Å². The summed E-state index contributed by atoms with van der Waals surface area (Å²) in [5, 5.41) is 6.29. The monoisotopic (exact) mass is 395 g/mol. The molecule has 2 aromatic rings. The van der Waals surface area contributed by atoms with Crippen molar-refractivity contribution in [1.82, 2.24) is 0 Å². The Morgan fingerprint density at radius 1 is 0.966 bits per heavy atom. The van der Waals surface area contributed by atoms with Crippen LogP contribution in [-0.4, -0.2) is 44.7 Å². The number of carbonyl (C=O) groups excluding carboxylic acids is 1. The summed E-state index contributed by atoms with van der Waals surface area (Å²) in [5.74, 6) is 0.449. The van der Waals surface area contributed by atoms with Crippen LogP contribution in [0, 0.1) is 0 Å². The molecule has 0 saturated carbocycles. The standard InChI is InChI=1S/C24H34N4O/c1-5-27-14-16-28(17-15-27)23-12-10-21(11-13-23)25-19(4)24(29)26-22-8-6-20(7-9-22)18(2)3/h6-13,18-19,25H,5,14-17H2,1-4H3,(H,26,29)/p+1/t19-/m0/s1. The Bertz CT molecular complexity index is 778. The van der Waals surface area contributed by atoms with Gasteiger partial charge in [-0.3, -0.25) is 4.79 Å². The van der Waals surface area contributed by atoms with E-state index in [-0.39, 0.29) is 11.9 Å². The number of rotatable bonds is 7. The lowest BCUT2D eigenvalue weighted by atomic mass is 10.0. The maximum Gasteiger partial charge on any atom is 0.246 e. The van der Waals surface area contributed by atoms with Crippen molar-refractivity contribution in [3.05, 3.63) is 54.1 Å². The third kappa shape index (κ3) is 5.73. The first kappa shape index (κ1) is 21.2. The van der Waals surface area contributed by atoms with Gasteiger partial charge in [-0.05, 0) is 61.7 Å². The van der Waals surface area contributed by atoms with E-state index in [9.17, 15) is 4.79 Å². The van der Waals surface area contributed by atoms with Crippen molar-refractivity contribution in [3.8, 4) is 0 Å². The van der Waals surface area contributed by atoms with E-state index in [4.69, 9.17) is 0 Å². The molecule has 1 aliphatic rings. The van der Waals surface area contributed by atoms with Crippen molar-refractivity contribution in [2.24, 2.45) is 0 Å². The zero-order chi connectivity index (χ0) is 20.8. The Kier molecular flexibility index (Phi) is 7.15. The minimum absolute atomic E-state index is 0.0370. The maximum atomic E-state index is 12.5. The molecule has 1 atom stereocenters. The number of likely N-dealkylation sites (N-methyl/N-ethyl adjacent to an activating group) is 1. The summed E-state index contributed by atoms with van der Waals surface area (Å²) >= 11 is 0. The summed E-state index contributed by atoms with van der Waals surface area (Å²) in [7, 11) is 0. The Morgan fingerprint density at radius 2 is 1.55 bits per heavy atom. The van der Waals surface area contributed by atoms with Gasteiger partial charge in [0.2, 0.25) is 5.91 Å². The molecule has 0 radical (unpaired) electrons. The molecule has 1 amide bonds. The predicted molar refractivity (Wildman–Crippen MR) is 122 cm³/mol. The topological polar surface area (TPSA) is 48.8 Å². The predicted octanol–water partition coefficient (Wildman–Crippen LogP) is 2.97. The normalized spacial score (nSPS) is 16.0. The molecule has 0 spiro atoms. The van der Waals surface area contributed by atoms with E-state index >= 15 is 0 Å². The quantitative estimate of drug-likeness (QED) is 0.676. The molecule has 1 fully saturated rings. The lowest BCUT2D eigenvalue weighted by Gasteiger charge is -2.33. The zero-order valence-corrected chi connectivity index (χ0v) is 18.2. The maximum absolute atomic E-state index is 12.5. The summed E-state index contributed by atoms with van der Waals surface area (Å²) < 4.78 is 0. The number of hydrogen-bond donors (Lipinski definition) is 3. The van der Waals surface area contributed by atoms with Crippen molar-refractivity contribution in [2.45, 2.75) is 39.7 Å². The largest absolute Gasteiger partial charge is 0.374 e. The first-order chi connectivity index (χ1) is 14.0. The highest BCUT2D eigenvalue weighted by atomic mass is 16.2. The van der Waals surface area contributed by atoms with Gasteiger partial charge in [0.1, 0.15) is 6.04 Å². The van der Waals surface area contributed by atoms with E-state index < -0.39 is 0 Å². The molecule has 3 rings (SSSR count). The molecule has 2 aromatic carbocycles. The van der Waals surface area contributed by atoms with Crippen LogP contribution in [0.2, 0.25) is 0 Å². The molecule has 0 unspecified atom stereocenters. The minimum atomic E-state index is -0.317. The highest BCUT2D eigenvalue weighted by molar-refractivity contribution is 5.96. The van der Waals surface area contributed by atoms with Gasteiger partial charge >= 0.3 is 0 Å². The summed E-state index contributed by atoms with van der Waals surface area (Å²) in [6, 6.07) is 16.2. The second kappa shape index (κ2) is 9.79. The third-order valence-electron chi connectivity index (χ3n) is 5.82. The Hall–Kier alpha value is -2.53. The molecule has 0 aliphatic carbocycles. The van der Waals surface area contributed by atoms with E-state index in [0.717, 1.165) is 24.5 Å². The number of benzene rings is 2. The van der Waals surface area contributed by atoms with Gasteiger partial charge in [0, 0.05) is 17.1 Å². The molecule has 1 heterocycles. The van der Waals surface area contributed by atoms with E-state index in [0.29, 0.717) is 5.92 Å². The lowest BCUT2D eigenvalue weighted by Crippen LogP contribution is -3.14. The van der Waals surface area contributed by atoms with Crippen LogP contribution in [0.3, 0.4) is 0 Å². The van der Waals surface area contributed by atoms with E-state index in [1.165, 1.54) is 30.9 Å². The van der Waals surface area contributed by atoms with Crippen molar-refractivity contribution >= 4 is 23.0 Å². The number of anilines is 3. The molecular weight excluding hydrogens is 360 g/mol. The van der Waals surface area contributed by atoms with Crippen molar-refractivity contribution in [2.75, 3.05) is 48.3 Å². The van der Waals surface area contributed by atoms with E-state index in [1.807, 2.05) is 19.1 Å². The fourth-order valence-corrected chi connectivity index (χ4v) is 3.72. The average Bonchev–Trinajstić information content (AvgIpc) is 2.74. The fourth-order valence-electron chi connectivity index (χ4n) is 3.72. The number of amides is 1. The van der Waals surface area contributed by atoms with Crippen molar-refractivity contribution < 1.29 is 9.69 Å². The molecule has 0 aromatic heterocycles. The second-order valence-corrected chi connectivity index (χ2v) is 8.27. The first-order valence-corrected chi connectivity index (χ1v) is 10.8. The van der Waals surface area contributed by atoms with Gasteiger partial charge in [0.25, 0.3) is 0 Å². The molecule has 29 heavy (non-hydrogen) atoms. The summed E-state index contributed by atoms with van der Waals surface area (Å²) in [4.78, 5) is 16.6. The molecule has 156 valence electrons. The molecule has 1 aliphatic heterocycles. The molecular formula is C24H35N4O+. The minimum Gasteiger partial charge on any atom is -0.374 e. The molecule has 3 N–H and O–H groups in total. The smallest absolute Gasteiger partial charge is 0.246 e. The number of nitrogens with one attached hydrogen (secondary N) is 3. The number of piperazine rings is 1. The first-order valence-electron chi connectivity index (χ1n) is 10.8. The molecule has 5 heteroatoms. The Labute approximate surface area is 175 Å². The number of hydrogen-bond acceptors (Lipinski definition) is 3. The van der Waals surface area contributed by atoms with Crippen LogP contribution >= 0.6 is 0 Å². The van der Waals surface area contributed by atoms with Gasteiger partial charge in [0.05, 0.1) is 32.7 Å². The molecule has 1 saturated heterocycles. The van der Waals surface area contributed by atoms with Gasteiger partial charge in [0.15, 0.2) is 0 Å². The van der Waals surface area contributed by atoms with Crippen LogP contribution < -0.4 is 20.4 Å². The molecule has 0 bridgehead atoms. The Balaban J connectivity index is 1.52. The Morgan fingerprint density at radius 3 is 2.10 bits per heavy atom. The van der Waals surface area contributed by atoms with Gasteiger partial charge in [-0.2, -0.15) is 0 Å². The number of carbonyl (C=O) groups is 1. The SMILES string of the molecule is CC[NH+]1CCN(c2ccc(N[C@@H](C)C(=O)Nc3ccc(C(C)C)cc3)cc2)CC1. The lowest BCUT2D eigenvalue weighted by molar-refractivity contribution is -0.898. The van der Waals surface area contributed by atoms with Crippen LogP contribution in [0.25, 0.3) is 0 Å². The van der Waals surface area contributed by atoms with Gasteiger partial charge < -0.3 is 20.4 Å². The van der Waals surface area contributed by atoms with Crippen molar-refractivity contribution in [1.29, 1.82) is 0 Å². The number of quaternary nitrogens is 1. The van der Waals surface area contributed by atoms with E-state index in [2.05, 4.69) is 72.7 Å². The van der Waals surface area contributed by atoms with Gasteiger partial charge in [-0.1, -0.05) is 26.0 Å². The zero-order valence-electron chi connectivity index (χ0n) is 18.2. The van der Waals surface area contributed by atoms with Crippen LogP contribution in [0.1, 0.15) is 39.2 Å². The highest BCUT2D eigenvalue weighted by Gasteiger charge is 2.19. The fraction of sp³-hybridized carbons (Fsp3) is 0.458. The summed E-state index contributed by atoms with van der Waals surface area (Å²) in [5.41, 5.74) is 4.32. The summed E-state index contributed by atoms with van der Waals surface area (Å²) in [6.07, 6.45) is 0. The third-order valence-corrected chi connectivity index (χ3v) is 5.82. The van der Waals surface area contributed by atoms with Gasteiger partial charge in [-0.25, -0.2) is 0 Å². The highest BCUT2D eigenvalue weighted by Crippen LogP contribution is 2.20. The van der Waals surface area contributed by atoms with Crippen LogP contribution in [0.15, 0.2) is 48.5 Å².